The summed E-state index contributed by atoms with van der Waals surface area (Å²) < 4.78 is 5.59. The second kappa shape index (κ2) is 6.52. The van der Waals surface area contributed by atoms with Gasteiger partial charge in [-0.05, 0) is 38.9 Å². The SMILES string of the molecule is CC(=O)c1cccc(OC(C)C(=O)NC2CCNC2)c1. The molecule has 0 aliphatic carbocycles. The minimum Gasteiger partial charge on any atom is -0.481 e. The van der Waals surface area contributed by atoms with Crippen molar-refractivity contribution in [2.24, 2.45) is 0 Å². The van der Waals surface area contributed by atoms with Crippen LogP contribution in [-0.2, 0) is 4.79 Å². The van der Waals surface area contributed by atoms with E-state index < -0.39 is 6.10 Å². The number of rotatable bonds is 5. The molecule has 1 fully saturated rings. The molecule has 2 rings (SSSR count). The molecule has 1 aromatic rings. The van der Waals surface area contributed by atoms with E-state index in [2.05, 4.69) is 10.6 Å². The second-order valence-corrected chi connectivity index (χ2v) is 5.04. The molecule has 2 atom stereocenters. The Morgan fingerprint density at radius 3 is 2.90 bits per heavy atom. The smallest absolute Gasteiger partial charge is 0.261 e. The van der Waals surface area contributed by atoms with Gasteiger partial charge in [-0.25, -0.2) is 0 Å². The van der Waals surface area contributed by atoms with Crippen molar-refractivity contribution >= 4 is 11.7 Å². The Morgan fingerprint density at radius 2 is 2.25 bits per heavy atom. The first-order chi connectivity index (χ1) is 9.56. The lowest BCUT2D eigenvalue weighted by molar-refractivity contribution is -0.127. The number of carbonyl (C=O) groups excluding carboxylic acids is 2. The maximum Gasteiger partial charge on any atom is 0.261 e. The summed E-state index contributed by atoms with van der Waals surface area (Å²) in [6.07, 6.45) is 0.357. The standard InChI is InChI=1S/C15H20N2O3/c1-10(18)12-4-3-5-14(8-12)20-11(2)15(19)17-13-6-7-16-9-13/h3-5,8,11,13,16H,6-7,9H2,1-2H3,(H,17,19). The summed E-state index contributed by atoms with van der Waals surface area (Å²) in [6.45, 7) is 4.94. The molecule has 1 aliphatic heterocycles. The van der Waals surface area contributed by atoms with E-state index in [4.69, 9.17) is 4.74 Å². The summed E-state index contributed by atoms with van der Waals surface area (Å²) >= 11 is 0. The maximum absolute atomic E-state index is 12.0. The van der Waals surface area contributed by atoms with Gasteiger partial charge in [-0.2, -0.15) is 0 Å². The average Bonchev–Trinajstić information content (AvgIpc) is 2.91. The molecule has 20 heavy (non-hydrogen) atoms. The summed E-state index contributed by atoms with van der Waals surface area (Å²) in [5.74, 6) is 0.376. The fourth-order valence-electron chi connectivity index (χ4n) is 2.14. The largest absolute Gasteiger partial charge is 0.481 e. The molecule has 1 saturated heterocycles. The number of ketones is 1. The van der Waals surface area contributed by atoms with Crippen molar-refractivity contribution in [3.63, 3.8) is 0 Å². The van der Waals surface area contributed by atoms with Crippen LogP contribution in [-0.4, -0.2) is 36.9 Å². The van der Waals surface area contributed by atoms with Gasteiger partial charge in [-0.15, -0.1) is 0 Å². The van der Waals surface area contributed by atoms with Crippen molar-refractivity contribution < 1.29 is 14.3 Å². The maximum atomic E-state index is 12.0. The highest BCUT2D eigenvalue weighted by Crippen LogP contribution is 2.15. The van der Waals surface area contributed by atoms with Crippen molar-refractivity contribution in [2.45, 2.75) is 32.4 Å². The topological polar surface area (TPSA) is 67.4 Å². The third-order valence-corrected chi connectivity index (χ3v) is 3.33. The molecule has 0 radical (unpaired) electrons. The molecule has 0 spiro atoms. The first-order valence-electron chi connectivity index (χ1n) is 6.85. The summed E-state index contributed by atoms with van der Waals surface area (Å²) in [5.41, 5.74) is 0.579. The molecule has 1 amide bonds. The van der Waals surface area contributed by atoms with Gasteiger partial charge in [-0.1, -0.05) is 12.1 Å². The zero-order valence-electron chi connectivity index (χ0n) is 11.8. The molecule has 1 aromatic carbocycles. The molecule has 1 aliphatic rings. The van der Waals surface area contributed by atoms with Gasteiger partial charge >= 0.3 is 0 Å². The summed E-state index contributed by atoms with van der Waals surface area (Å²) in [5, 5.41) is 6.14. The molecule has 0 aromatic heterocycles. The number of hydrogen-bond donors (Lipinski definition) is 2. The number of amides is 1. The predicted molar refractivity (Wildman–Crippen MR) is 76.0 cm³/mol. The van der Waals surface area contributed by atoms with E-state index >= 15 is 0 Å². The number of nitrogens with one attached hydrogen (secondary N) is 2. The van der Waals surface area contributed by atoms with Gasteiger partial charge in [0.1, 0.15) is 5.75 Å². The Kier molecular flexibility index (Phi) is 4.74. The Bertz CT molecular complexity index is 496. The number of carbonyl (C=O) groups is 2. The zero-order valence-corrected chi connectivity index (χ0v) is 11.8. The minimum absolute atomic E-state index is 0.0235. The first kappa shape index (κ1) is 14.5. The van der Waals surface area contributed by atoms with Gasteiger partial charge in [0.25, 0.3) is 5.91 Å². The quantitative estimate of drug-likeness (QED) is 0.791. The summed E-state index contributed by atoms with van der Waals surface area (Å²) in [6, 6.07) is 7.05. The van der Waals surface area contributed by atoms with Crippen molar-refractivity contribution in [3.8, 4) is 5.75 Å². The highest BCUT2D eigenvalue weighted by molar-refractivity contribution is 5.94. The lowest BCUT2D eigenvalue weighted by atomic mass is 10.1. The summed E-state index contributed by atoms with van der Waals surface area (Å²) in [4.78, 5) is 23.3. The van der Waals surface area contributed by atoms with Crippen LogP contribution in [0.25, 0.3) is 0 Å². The molecule has 0 saturated carbocycles. The minimum atomic E-state index is -0.585. The Morgan fingerprint density at radius 1 is 1.45 bits per heavy atom. The van der Waals surface area contributed by atoms with Gasteiger partial charge in [0.05, 0.1) is 0 Å². The molecular formula is C15H20N2O3. The third-order valence-electron chi connectivity index (χ3n) is 3.33. The van der Waals surface area contributed by atoms with Gasteiger partial charge in [0.15, 0.2) is 11.9 Å². The number of Topliss-reactive ketones (excluding diaryl/α,β-unsaturated/α-hetero) is 1. The van der Waals surface area contributed by atoms with E-state index in [0.717, 1.165) is 19.5 Å². The highest BCUT2D eigenvalue weighted by Gasteiger charge is 2.21. The van der Waals surface area contributed by atoms with Crippen LogP contribution in [0.1, 0.15) is 30.6 Å². The molecular weight excluding hydrogens is 256 g/mol. The average molecular weight is 276 g/mol. The van der Waals surface area contributed by atoms with Crippen LogP contribution in [0.4, 0.5) is 0 Å². The van der Waals surface area contributed by atoms with E-state index in [0.29, 0.717) is 11.3 Å². The normalized spacial score (nSPS) is 19.4. The van der Waals surface area contributed by atoms with E-state index in [9.17, 15) is 9.59 Å². The number of benzene rings is 1. The molecule has 0 bridgehead atoms. The van der Waals surface area contributed by atoms with Crippen LogP contribution in [0.15, 0.2) is 24.3 Å². The lowest BCUT2D eigenvalue weighted by Crippen LogP contribution is -2.43. The number of ether oxygens (including phenoxy) is 1. The van der Waals surface area contributed by atoms with Gasteiger partial charge in [0.2, 0.25) is 0 Å². The first-order valence-corrected chi connectivity index (χ1v) is 6.85. The predicted octanol–water partition coefficient (Wildman–Crippen LogP) is 1.13. The van der Waals surface area contributed by atoms with E-state index in [1.165, 1.54) is 6.92 Å². The fraction of sp³-hybridized carbons (Fsp3) is 0.467. The van der Waals surface area contributed by atoms with Gasteiger partial charge in [-0.3, -0.25) is 9.59 Å². The fourth-order valence-corrected chi connectivity index (χ4v) is 2.14. The summed E-state index contributed by atoms with van der Waals surface area (Å²) in [7, 11) is 0. The molecule has 5 nitrogen and oxygen atoms in total. The molecule has 2 N–H and O–H groups in total. The van der Waals surface area contributed by atoms with Crippen molar-refractivity contribution in [1.82, 2.24) is 10.6 Å². The third kappa shape index (κ3) is 3.81. The van der Waals surface area contributed by atoms with Crippen molar-refractivity contribution in [2.75, 3.05) is 13.1 Å². The van der Waals surface area contributed by atoms with Crippen LogP contribution in [0, 0.1) is 0 Å². The molecule has 1 heterocycles. The van der Waals surface area contributed by atoms with Crippen LogP contribution in [0.2, 0.25) is 0 Å². The second-order valence-electron chi connectivity index (χ2n) is 5.04. The Labute approximate surface area is 118 Å². The van der Waals surface area contributed by atoms with Crippen LogP contribution >= 0.6 is 0 Å². The Hall–Kier alpha value is -1.88. The molecule has 108 valence electrons. The van der Waals surface area contributed by atoms with Crippen LogP contribution in [0.3, 0.4) is 0 Å². The van der Waals surface area contributed by atoms with Gasteiger partial charge in [0, 0.05) is 18.2 Å². The zero-order chi connectivity index (χ0) is 14.5. The lowest BCUT2D eigenvalue weighted by Gasteiger charge is -2.18. The van der Waals surface area contributed by atoms with Gasteiger partial charge < -0.3 is 15.4 Å². The van der Waals surface area contributed by atoms with Crippen LogP contribution in [0.5, 0.6) is 5.75 Å². The molecule has 2 unspecified atom stereocenters. The molecule has 5 heteroatoms. The highest BCUT2D eigenvalue weighted by atomic mass is 16.5. The van der Waals surface area contributed by atoms with E-state index in [1.807, 2.05) is 0 Å². The van der Waals surface area contributed by atoms with E-state index in [-0.39, 0.29) is 17.7 Å². The van der Waals surface area contributed by atoms with Crippen molar-refractivity contribution in [1.29, 1.82) is 0 Å². The van der Waals surface area contributed by atoms with Crippen LogP contribution < -0.4 is 15.4 Å². The Balaban J connectivity index is 1.92. The van der Waals surface area contributed by atoms with Crippen molar-refractivity contribution in [3.05, 3.63) is 29.8 Å². The monoisotopic (exact) mass is 276 g/mol. The van der Waals surface area contributed by atoms with E-state index in [1.54, 1.807) is 31.2 Å². The number of hydrogen-bond acceptors (Lipinski definition) is 4.